The number of hydrogen-bond acceptors (Lipinski definition) is 7. The second-order valence-electron chi connectivity index (χ2n) is 8.55. The highest BCUT2D eigenvalue weighted by molar-refractivity contribution is 9.11. The minimum absolute atomic E-state index is 0.0295. The van der Waals surface area contributed by atoms with E-state index in [2.05, 4.69) is 21.1 Å². The van der Waals surface area contributed by atoms with Crippen molar-refractivity contribution < 1.29 is 22.4 Å². The van der Waals surface area contributed by atoms with Crippen molar-refractivity contribution in [1.29, 1.82) is 0 Å². The Labute approximate surface area is 227 Å². The highest BCUT2D eigenvalue weighted by Crippen LogP contribution is 2.33. The number of fused-ring (bicyclic) bond motifs is 1. The zero-order valence-corrected chi connectivity index (χ0v) is 23.0. The maximum atomic E-state index is 13.9. The first-order valence-electron chi connectivity index (χ1n) is 11.7. The van der Waals surface area contributed by atoms with Gasteiger partial charge in [0.2, 0.25) is 0 Å². The van der Waals surface area contributed by atoms with E-state index in [0.29, 0.717) is 34.5 Å². The molecular formula is C27H24BrN3O6S. The lowest BCUT2D eigenvalue weighted by atomic mass is 10.1. The number of hydrogen-bond donors (Lipinski definition) is 0. The molecule has 0 radical (unpaired) electrons. The molecule has 0 saturated carbocycles. The molecular weight excluding hydrogens is 574 g/mol. The van der Waals surface area contributed by atoms with E-state index in [4.69, 9.17) is 14.0 Å². The largest absolute Gasteiger partial charge is 0.497 e. The van der Waals surface area contributed by atoms with Crippen LogP contribution in [0.25, 0.3) is 16.6 Å². The van der Waals surface area contributed by atoms with Gasteiger partial charge in [-0.25, -0.2) is 12.7 Å². The Bertz CT molecular complexity index is 1710. The normalized spacial score (nSPS) is 13.9. The summed E-state index contributed by atoms with van der Waals surface area (Å²) in [6, 6.07) is 16.4. The monoisotopic (exact) mass is 597 g/mol. The summed E-state index contributed by atoms with van der Waals surface area (Å²) in [5.41, 5.74) is 1.80. The van der Waals surface area contributed by atoms with E-state index in [-0.39, 0.29) is 22.8 Å². The Balaban J connectivity index is 1.60. The Morgan fingerprint density at radius 2 is 1.82 bits per heavy atom. The molecule has 2 heterocycles. The molecule has 5 rings (SSSR count). The smallest absolute Gasteiger partial charge is 0.265 e. The van der Waals surface area contributed by atoms with Crippen LogP contribution in [-0.2, 0) is 21.3 Å². The molecule has 2 aromatic carbocycles. The average Bonchev–Trinajstić information content (AvgIpc) is 3.46. The zero-order chi connectivity index (χ0) is 26.9. The van der Waals surface area contributed by atoms with Gasteiger partial charge in [-0.1, -0.05) is 33.2 Å². The number of aromatic nitrogens is 2. The Morgan fingerprint density at radius 1 is 1.03 bits per heavy atom. The lowest BCUT2D eigenvalue weighted by Crippen LogP contribution is -2.31. The molecule has 11 heteroatoms. The van der Waals surface area contributed by atoms with Crippen LogP contribution < -0.4 is 14.6 Å². The van der Waals surface area contributed by atoms with Crippen molar-refractivity contribution in [3.8, 4) is 5.75 Å². The molecule has 9 nitrogen and oxygen atoms in total. The SMILES string of the molecule is COC1=C(n2c(=O)ccc3cc(S(=O)(=O)N(Cc4ccc(OC)cc4)c4ccon4)ccc32)CCC(Br)=C1. The predicted molar refractivity (Wildman–Crippen MR) is 148 cm³/mol. The topological polar surface area (TPSA) is 104 Å². The third kappa shape index (κ3) is 4.86. The van der Waals surface area contributed by atoms with E-state index >= 15 is 0 Å². The quantitative estimate of drug-likeness (QED) is 0.272. The van der Waals surface area contributed by atoms with E-state index in [1.54, 1.807) is 61.3 Å². The van der Waals surface area contributed by atoms with Gasteiger partial charge >= 0.3 is 0 Å². The Kier molecular flexibility index (Phi) is 7.13. The maximum absolute atomic E-state index is 13.9. The molecule has 4 aromatic rings. The molecule has 0 bridgehead atoms. The lowest BCUT2D eigenvalue weighted by molar-refractivity contribution is 0.304. The van der Waals surface area contributed by atoms with Crippen molar-refractivity contribution in [3.05, 3.63) is 99.2 Å². The molecule has 0 aliphatic heterocycles. The van der Waals surface area contributed by atoms with Crippen molar-refractivity contribution in [1.82, 2.24) is 9.72 Å². The number of anilines is 1. The molecule has 2 aromatic heterocycles. The van der Waals surface area contributed by atoms with Crippen LogP contribution in [-0.4, -0.2) is 32.4 Å². The first kappa shape index (κ1) is 25.8. The molecule has 0 saturated heterocycles. The number of sulfonamides is 1. The summed E-state index contributed by atoms with van der Waals surface area (Å²) in [5, 5.41) is 4.47. The standard InChI is InChI=1S/C27H24BrN3O6S/c1-35-21-7-3-18(4-8-21)17-30(26-13-14-37-29-26)38(33,34)22-9-11-23-19(15-22)5-12-27(32)31(23)24-10-6-20(28)16-25(24)36-2/h3-5,7-9,11-16H,6,10,17H2,1-2H3. The Hall–Kier alpha value is -3.83. The van der Waals surface area contributed by atoms with Gasteiger partial charge < -0.3 is 14.0 Å². The van der Waals surface area contributed by atoms with E-state index in [1.807, 2.05) is 6.08 Å². The molecule has 38 heavy (non-hydrogen) atoms. The molecule has 1 aliphatic carbocycles. The molecule has 0 fully saturated rings. The van der Waals surface area contributed by atoms with Crippen LogP contribution in [0, 0.1) is 0 Å². The number of halogens is 1. The summed E-state index contributed by atoms with van der Waals surface area (Å²) in [5.74, 6) is 1.39. The van der Waals surface area contributed by atoms with Crippen LogP contribution in [0.4, 0.5) is 5.82 Å². The number of rotatable bonds is 8. The van der Waals surface area contributed by atoms with Crippen molar-refractivity contribution in [2.24, 2.45) is 0 Å². The van der Waals surface area contributed by atoms with Gasteiger partial charge in [-0.15, -0.1) is 0 Å². The van der Waals surface area contributed by atoms with E-state index in [0.717, 1.165) is 16.5 Å². The number of allylic oxidation sites excluding steroid dienone is 3. The van der Waals surface area contributed by atoms with Crippen LogP contribution in [0.15, 0.2) is 97.5 Å². The third-order valence-electron chi connectivity index (χ3n) is 6.28. The van der Waals surface area contributed by atoms with Gasteiger partial charge in [-0.3, -0.25) is 9.36 Å². The average molecular weight is 598 g/mol. The molecule has 1 aliphatic rings. The van der Waals surface area contributed by atoms with Crippen LogP contribution in [0.3, 0.4) is 0 Å². The highest BCUT2D eigenvalue weighted by Gasteiger charge is 2.28. The summed E-state index contributed by atoms with van der Waals surface area (Å²) in [7, 11) is -0.939. The fourth-order valence-corrected chi connectivity index (χ4v) is 6.20. The minimum atomic E-state index is -4.06. The van der Waals surface area contributed by atoms with E-state index in [9.17, 15) is 13.2 Å². The van der Waals surface area contributed by atoms with Crippen molar-refractivity contribution >= 4 is 48.4 Å². The van der Waals surface area contributed by atoms with Crippen molar-refractivity contribution in [3.63, 3.8) is 0 Å². The summed E-state index contributed by atoms with van der Waals surface area (Å²) < 4.78 is 47.2. The van der Waals surface area contributed by atoms with Crippen molar-refractivity contribution in [2.45, 2.75) is 24.3 Å². The van der Waals surface area contributed by atoms with Crippen LogP contribution in [0.2, 0.25) is 0 Å². The van der Waals surface area contributed by atoms with Gasteiger partial charge in [0.15, 0.2) is 5.82 Å². The van der Waals surface area contributed by atoms with Gasteiger partial charge in [0, 0.05) is 17.5 Å². The second-order valence-corrected chi connectivity index (χ2v) is 11.4. The minimum Gasteiger partial charge on any atom is -0.497 e. The van der Waals surface area contributed by atoms with Gasteiger partial charge in [0.1, 0.15) is 17.8 Å². The number of nitrogens with zero attached hydrogens (tertiary/aromatic N) is 3. The van der Waals surface area contributed by atoms with Gasteiger partial charge in [0.25, 0.3) is 15.6 Å². The first-order chi connectivity index (χ1) is 18.3. The summed E-state index contributed by atoms with van der Waals surface area (Å²) in [6.45, 7) is 0.0295. The van der Waals surface area contributed by atoms with E-state index in [1.165, 1.54) is 28.8 Å². The van der Waals surface area contributed by atoms with Crippen LogP contribution in [0.5, 0.6) is 5.75 Å². The molecule has 0 amide bonds. The summed E-state index contributed by atoms with van der Waals surface area (Å²) in [4.78, 5) is 13.0. The van der Waals surface area contributed by atoms with Crippen LogP contribution in [0.1, 0.15) is 18.4 Å². The maximum Gasteiger partial charge on any atom is 0.265 e. The van der Waals surface area contributed by atoms with Gasteiger partial charge in [0.05, 0.1) is 36.9 Å². The third-order valence-corrected chi connectivity index (χ3v) is 8.65. The molecule has 0 N–H and O–H groups in total. The zero-order valence-electron chi connectivity index (χ0n) is 20.6. The lowest BCUT2D eigenvalue weighted by Gasteiger charge is -2.23. The highest BCUT2D eigenvalue weighted by atomic mass is 79.9. The number of methoxy groups -OCH3 is 2. The van der Waals surface area contributed by atoms with Gasteiger partial charge in [-0.2, -0.15) is 0 Å². The summed E-state index contributed by atoms with van der Waals surface area (Å²) >= 11 is 3.50. The first-order valence-corrected chi connectivity index (χ1v) is 13.9. The molecule has 0 spiro atoms. The second kappa shape index (κ2) is 10.5. The van der Waals surface area contributed by atoms with Crippen molar-refractivity contribution in [2.75, 3.05) is 18.5 Å². The van der Waals surface area contributed by atoms with E-state index < -0.39 is 10.0 Å². The molecule has 0 unspecified atom stereocenters. The molecule has 0 atom stereocenters. The number of ether oxygens (including phenoxy) is 2. The molecule has 196 valence electrons. The fraction of sp³-hybridized carbons (Fsp3) is 0.185. The summed E-state index contributed by atoms with van der Waals surface area (Å²) in [6.07, 6.45) is 4.47. The number of benzene rings is 2. The predicted octanol–water partition coefficient (Wildman–Crippen LogP) is 5.28. The fourth-order valence-electron chi connectivity index (χ4n) is 4.37. The van der Waals surface area contributed by atoms with Gasteiger partial charge in [-0.05, 0) is 65.4 Å². The Morgan fingerprint density at radius 3 is 2.50 bits per heavy atom. The number of pyridine rings is 1. The van der Waals surface area contributed by atoms with Crippen LogP contribution >= 0.6 is 15.9 Å².